The molecule has 0 aliphatic heterocycles. The van der Waals surface area contributed by atoms with E-state index < -0.39 is 16.8 Å². The zero-order chi connectivity index (χ0) is 20.0. The van der Waals surface area contributed by atoms with Gasteiger partial charge in [0.05, 0.1) is 0 Å². The normalized spacial score (nSPS) is 11.6. The van der Waals surface area contributed by atoms with Crippen LogP contribution in [-0.4, -0.2) is 16.9 Å². The van der Waals surface area contributed by atoms with E-state index in [1.807, 2.05) is 30.3 Å². The molecule has 4 aromatic carbocycles. The van der Waals surface area contributed by atoms with Gasteiger partial charge in [0.2, 0.25) is 0 Å². The number of fused-ring (bicyclic) bond motifs is 6. The molecular formula is C26H27Cl2NOSiTi. The van der Waals surface area contributed by atoms with Gasteiger partial charge in [0.15, 0.2) is 0 Å². The van der Waals surface area contributed by atoms with Crippen LogP contribution in [-0.2, 0) is 23.3 Å². The topological polar surface area (TPSA) is 29.1 Å². The third-order valence-corrected chi connectivity index (χ3v) is 10.4. The van der Waals surface area contributed by atoms with Gasteiger partial charge in [-0.05, 0) is 11.0 Å². The van der Waals surface area contributed by atoms with Crippen molar-refractivity contribution < 1.29 is 46.5 Å². The molecule has 0 aromatic heterocycles. The summed E-state index contributed by atoms with van der Waals surface area (Å²) in [5.41, 5.74) is 3.47. The predicted octanol–water partition coefficient (Wildman–Crippen LogP) is -0.958. The maximum atomic E-state index is 12.8. The Balaban J connectivity index is 0.00000121. The van der Waals surface area contributed by atoms with Crippen molar-refractivity contribution in [3.8, 4) is 0 Å². The van der Waals surface area contributed by atoms with Gasteiger partial charge >= 0.3 is 175 Å². The van der Waals surface area contributed by atoms with Gasteiger partial charge < -0.3 is 24.8 Å². The van der Waals surface area contributed by atoms with Crippen molar-refractivity contribution in [1.82, 2.24) is 3.80 Å². The van der Waals surface area contributed by atoms with E-state index in [1.54, 1.807) is 0 Å². The fraction of sp³-hybridized carbons (Fsp3) is 0.115. The predicted molar refractivity (Wildman–Crippen MR) is 130 cm³/mol. The van der Waals surface area contributed by atoms with Gasteiger partial charge in [-0.25, -0.2) is 0 Å². The molecule has 32 heavy (non-hydrogen) atoms. The second kappa shape index (κ2) is 10.4. The summed E-state index contributed by atoms with van der Waals surface area (Å²) < 4.78 is 4.85. The number of carbonyl (C=O) groups is 1. The second-order valence-corrected chi connectivity index (χ2v) is 14.7. The summed E-state index contributed by atoms with van der Waals surface area (Å²) in [5.74, 6) is 0.0437. The minimum atomic E-state index is -2.72. The number of rotatable bonds is 3. The van der Waals surface area contributed by atoms with Crippen molar-refractivity contribution >= 4 is 44.5 Å². The first-order valence-corrected chi connectivity index (χ1v) is 14.7. The van der Waals surface area contributed by atoms with Crippen LogP contribution < -0.4 is 28.6 Å². The molecule has 6 heteroatoms. The van der Waals surface area contributed by atoms with E-state index in [1.165, 1.54) is 36.5 Å². The van der Waals surface area contributed by atoms with E-state index in [9.17, 15) is 4.79 Å². The van der Waals surface area contributed by atoms with Crippen LogP contribution in [0.1, 0.15) is 21.5 Å². The molecule has 1 amide bonds. The van der Waals surface area contributed by atoms with Gasteiger partial charge in [0, 0.05) is 0 Å². The van der Waals surface area contributed by atoms with Gasteiger partial charge in [0.1, 0.15) is 0 Å². The quantitative estimate of drug-likeness (QED) is 0.276. The molecule has 0 spiro atoms. The number of hydrogen-bond acceptors (Lipinski definition) is 1. The summed E-state index contributed by atoms with van der Waals surface area (Å²) in [6, 6.07) is 26.9. The number of amides is 1. The maximum absolute atomic E-state index is 12.8. The molecule has 0 fully saturated rings. The first-order valence-electron chi connectivity index (χ1n) is 10.1. The molecule has 0 saturated heterocycles. The van der Waals surface area contributed by atoms with Crippen LogP contribution in [0.25, 0.3) is 27.6 Å². The zero-order valence-electron chi connectivity index (χ0n) is 17.5. The Hall–Kier alpha value is -1.88. The van der Waals surface area contributed by atoms with E-state index in [0.717, 1.165) is 12.0 Å². The van der Waals surface area contributed by atoms with Crippen LogP contribution in [0.4, 0.5) is 0 Å². The third-order valence-electron chi connectivity index (χ3n) is 6.04. The summed E-state index contributed by atoms with van der Waals surface area (Å²) in [6.45, 7) is 0. The third kappa shape index (κ3) is 4.59. The number of allylic oxidation sites excluding steroid dienone is 1. The first kappa shape index (κ1) is 26.4. The molecule has 4 aromatic rings. The fourth-order valence-electron chi connectivity index (χ4n) is 4.44. The van der Waals surface area contributed by atoms with Gasteiger partial charge in [-0.1, -0.05) is 0 Å². The molecule has 0 radical (unpaired) electrons. The zero-order valence-corrected chi connectivity index (χ0v) is 20.5. The summed E-state index contributed by atoms with van der Waals surface area (Å²) in [6.07, 6.45) is 3.30. The molecule has 0 bridgehead atoms. The van der Waals surface area contributed by atoms with Crippen molar-refractivity contribution in [1.29, 1.82) is 0 Å². The van der Waals surface area contributed by atoms with Gasteiger partial charge in [0.25, 0.3) is 0 Å². The minimum absolute atomic E-state index is 0. The Morgan fingerprint density at radius 2 is 1.25 bits per heavy atom. The largest absolute Gasteiger partial charge is 1.00 e. The van der Waals surface area contributed by atoms with E-state index in [0.29, 0.717) is 0 Å². The number of benzene rings is 4. The molecule has 1 N–H and O–H groups in total. The molecule has 0 atom stereocenters. The van der Waals surface area contributed by atoms with Crippen molar-refractivity contribution in [3.63, 3.8) is 0 Å². The number of hydrogen-bond donors (Lipinski definition) is 1. The summed E-state index contributed by atoms with van der Waals surface area (Å²) >= 11 is -2.72. The van der Waals surface area contributed by atoms with Crippen molar-refractivity contribution in [2.75, 3.05) is 0 Å². The standard InChI is InChI=1S/C17H11.C7H7NO.2CH3.2ClH.H4Si.Ti/c1-3-8-14-12(6-1)13-7-2-4-9-15(13)17-11-5-10-16(14)17;8-7(9)6-4-2-1-3-5-6;;;;;;/h1-4,6-10H,11H2;1-5H,(H2,8,9);2*1H3;2*1H;1H4;/q;;;;;;;+3/p-3. The van der Waals surface area contributed by atoms with Crippen LogP contribution in [0, 0.1) is 0 Å². The average Bonchev–Trinajstić information content (AvgIpc) is 3.21. The SMILES string of the molecule is [CH3][Ti+2]([CH3])([NH]C(=O)c1ccccc1)[C]1=Cc2c(c3ccccc3c3ccccc23)C1.[Cl-].[Cl-].[SiH4]. The maximum Gasteiger partial charge on any atom is -0.0149 e. The molecule has 2 nitrogen and oxygen atoms in total. The number of nitrogens with one attached hydrogen (secondary N) is 1. The van der Waals surface area contributed by atoms with Crippen LogP contribution in [0.3, 0.4) is 0 Å². The van der Waals surface area contributed by atoms with E-state index in [4.69, 9.17) is 0 Å². The second-order valence-electron chi connectivity index (χ2n) is 8.27. The van der Waals surface area contributed by atoms with Crippen molar-refractivity contribution in [3.05, 3.63) is 99.4 Å². The summed E-state index contributed by atoms with van der Waals surface area (Å²) in [4.78, 5) is 12.8. The Bertz CT molecular complexity index is 1310. The molecule has 0 unspecified atom stereocenters. The smallest absolute Gasteiger partial charge is 0.0149 e. The average molecular weight is 516 g/mol. The molecule has 1 aliphatic carbocycles. The molecule has 0 heterocycles. The van der Waals surface area contributed by atoms with Gasteiger partial charge in [-0.3, -0.25) is 0 Å². The van der Waals surface area contributed by atoms with Crippen LogP contribution >= 0.6 is 0 Å². The van der Waals surface area contributed by atoms with Crippen LogP contribution in [0.2, 0.25) is 10.5 Å². The Labute approximate surface area is 210 Å². The fourth-order valence-corrected chi connectivity index (χ4v) is 7.56. The summed E-state index contributed by atoms with van der Waals surface area (Å²) in [7, 11) is 0. The van der Waals surface area contributed by atoms with Gasteiger partial charge in [-0.2, -0.15) is 0 Å². The van der Waals surface area contributed by atoms with E-state index in [-0.39, 0.29) is 41.7 Å². The monoisotopic (exact) mass is 515 g/mol. The van der Waals surface area contributed by atoms with Crippen LogP contribution in [0.15, 0.2) is 82.7 Å². The Kier molecular flexibility index (Phi) is 8.55. The first-order chi connectivity index (χ1) is 14.0. The molecule has 1 aliphatic rings. The number of carbonyl (C=O) groups excluding carboxylic acids is 1. The Morgan fingerprint density at radius 3 is 1.88 bits per heavy atom. The minimum Gasteiger partial charge on any atom is -1.00 e. The van der Waals surface area contributed by atoms with Gasteiger partial charge in [-0.15, -0.1) is 0 Å². The molecule has 5 rings (SSSR count). The van der Waals surface area contributed by atoms with Crippen molar-refractivity contribution in [2.45, 2.75) is 16.9 Å². The van der Waals surface area contributed by atoms with Crippen LogP contribution in [0.5, 0.6) is 0 Å². The Morgan fingerprint density at radius 1 is 0.750 bits per heavy atom. The van der Waals surface area contributed by atoms with E-state index in [2.05, 4.69) is 68.9 Å². The van der Waals surface area contributed by atoms with E-state index >= 15 is 0 Å². The molecule has 164 valence electrons. The summed E-state index contributed by atoms with van der Waals surface area (Å²) in [5, 5.41) is 9.82. The molecule has 0 saturated carbocycles. The molecular weight excluding hydrogens is 489 g/mol. The number of halogens is 2. The van der Waals surface area contributed by atoms with Crippen molar-refractivity contribution in [2.24, 2.45) is 0 Å².